The summed E-state index contributed by atoms with van der Waals surface area (Å²) in [4.78, 5) is 14.9. The zero-order valence-electron chi connectivity index (χ0n) is 11.6. The summed E-state index contributed by atoms with van der Waals surface area (Å²) in [7, 11) is 1.88. The lowest BCUT2D eigenvalue weighted by Gasteiger charge is -2.15. The Morgan fingerprint density at radius 3 is 2.79 bits per heavy atom. The number of aryl methyl sites for hydroxylation is 1. The molecular formula is C13H20N4OS. The van der Waals surface area contributed by atoms with E-state index in [1.165, 1.54) is 11.3 Å². The number of nitriles is 1. The van der Waals surface area contributed by atoms with Gasteiger partial charge in [-0.1, -0.05) is 0 Å². The number of anilines is 1. The first-order valence-electron chi connectivity index (χ1n) is 6.18. The number of carbonyl (C=O) groups excluding carboxylic acids is 1. The summed E-state index contributed by atoms with van der Waals surface area (Å²) in [5.41, 5.74) is 6.94. The number of thiophene rings is 1. The first-order valence-corrected chi connectivity index (χ1v) is 6.99. The number of hydrogen-bond donors (Lipinski definition) is 2. The zero-order chi connectivity index (χ0) is 14.4. The molecule has 104 valence electrons. The van der Waals surface area contributed by atoms with Crippen LogP contribution in [0.25, 0.3) is 0 Å². The lowest BCUT2D eigenvalue weighted by molar-refractivity contribution is -0.117. The summed E-state index contributed by atoms with van der Waals surface area (Å²) < 4.78 is 0. The summed E-state index contributed by atoms with van der Waals surface area (Å²) in [6.07, 6.45) is 0.866. The van der Waals surface area contributed by atoms with Crippen molar-refractivity contribution in [3.63, 3.8) is 0 Å². The second-order valence-electron chi connectivity index (χ2n) is 4.53. The van der Waals surface area contributed by atoms with Crippen molar-refractivity contribution in [1.29, 1.82) is 5.26 Å². The predicted octanol–water partition coefficient (Wildman–Crippen LogP) is 1.46. The van der Waals surface area contributed by atoms with E-state index in [9.17, 15) is 4.79 Å². The molecule has 0 radical (unpaired) electrons. The first-order chi connectivity index (χ1) is 8.99. The number of likely N-dealkylation sites (N-methyl/N-ethyl adjacent to an activating group) is 1. The lowest BCUT2D eigenvalue weighted by atomic mass is 10.2. The van der Waals surface area contributed by atoms with Crippen molar-refractivity contribution >= 4 is 22.2 Å². The molecule has 0 aromatic carbocycles. The van der Waals surface area contributed by atoms with Gasteiger partial charge in [-0.25, -0.2) is 0 Å². The van der Waals surface area contributed by atoms with E-state index in [-0.39, 0.29) is 5.91 Å². The number of nitrogens with one attached hydrogen (secondary N) is 1. The van der Waals surface area contributed by atoms with Crippen LogP contribution in [-0.2, 0) is 4.79 Å². The van der Waals surface area contributed by atoms with Gasteiger partial charge in [0.2, 0.25) is 5.91 Å². The van der Waals surface area contributed by atoms with Crippen LogP contribution in [-0.4, -0.2) is 37.5 Å². The molecule has 0 bridgehead atoms. The van der Waals surface area contributed by atoms with E-state index < -0.39 is 0 Å². The molecule has 3 N–H and O–H groups in total. The Balaban J connectivity index is 2.63. The van der Waals surface area contributed by atoms with Crippen molar-refractivity contribution in [2.45, 2.75) is 20.3 Å². The third-order valence-corrected chi connectivity index (χ3v) is 4.03. The van der Waals surface area contributed by atoms with Crippen LogP contribution < -0.4 is 11.1 Å². The summed E-state index contributed by atoms with van der Waals surface area (Å²) in [6.45, 7) is 5.56. The quantitative estimate of drug-likeness (QED) is 0.826. The van der Waals surface area contributed by atoms with Gasteiger partial charge >= 0.3 is 0 Å². The molecule has 0 fully saturated rings. The minimum Gasteiger partial charge on any atom is -0.330 e. The highest BCUT2D eigenvalue weighted by Gasteiger charge is 2.15. The maximum Gasteiger partial charge on any atom is 0.239 e. The van der Waals surface area contributed by atoms with Gasteiger partial charge in [0.15, 0.2) is 0 Å². The van der Waals surface area contributed by atoms with E-state index in [0.717, 1.165) is 23.4 Å². The van der Waals surface area contributed by atoms with Crippen molar-refractivity contribution < 1.29 is 4.79 Å². The van der Waals surface area contributed by atoms with Crippen molar-refractivity contribution in [1.82, 2.24) is 4.90 Å². The van der Waals surface area contributed by atoms with E-state index in [4.69, 9.17) is 11.0 Å². The van der Waals surface area contributed by atoms with Crippen molar-refractivity contribution in [2.24, 2.45) is 5.73 Å². The van der Waals surface area contributed by atoms with Crippen molar-refractivity contribution in [3.8, 4) is 6.07 Å². The number of amides is 1. The fraction of sp³-hybridized carbons (Fsp3) is 0.538. The molecule has 0 saturated heterocycles. The summed E-state index contributed by atoms with van der Waals surface area (Å²) in [5.74, 6) is -0.0997. The van der Waals surface area contributed by atoms with E-state index in [0.29, 0.717) is 23.7 Å². The van der Waals surface area contributed by atoms with Gasteiger partial charge in [0.25, 0.3) is 0 Å². The van der Waals surface area contributed by atoms with Gasteiger partial charge in [-0.05, 0) is 46.0 Å². The normalized spacial score (nSPS) is 10.5. The molecular weight excluding hydrogens is 260 g/mol. The molecule has 1 rings (SSSR count). The van der Waals surface area contributed by atoms with Gasteiger partial charge < -0.3 is 11.1 Å². The predicted molar refractivity (Wildman–Crippen MR) is 78.3 cm³/mol. The van der Waals surface area contributed by atoms with E-state index in [1.54, 1.807) is 0 Å². The van der Waals surface area contributed by atoms with Gasteiger partial charge in [0.05, 0.1) is 12.1 Å². The zero-order valence-corrected chi connectivity index (χ0v) is 12.4. The molecule has 0 aliphatic heterocycles. The molecule has 19 heavy (non-hydrogen) atoms. The second-order valence-corrected chi connectivity index (χ2v) is 5.75. The molecule has 0 aliphatic carbocycles. The van der Waals surface area contributed by atoms with Crippen LogP contribution in [0.1, 0.15) is 22.4 Å². The van der Waals surface area contributed by atoms with E-state index in [2.05, 4.69) is 11.4 Å². The maximum atomic E-state index is 11.9. The fourth-order valence-corrected chi connectivity index (χ4v) is 2.73. The number of carbonyl (C=O) groups is 1. The van der Waals surface area contributed by atoms with Crippen LogP contribution in [0.4, 0.5) is 5.00 Å². The van der Waals surface area contributed by atoms with Gasteiger partial charge in [-0.3, -0.25) is 9.69 Å². The Bertz CT molecular complexity index is 490. The molecule has 0 spiro atoms. The van der Waals surface area contributed by atoms with E-state index in [1.807, 2.05) is 25.8 Å². The number of nitrogens with zero attached hydrogens (tertiary/aromatic N) is 2. The molecule has 0 unspecified atom stereocenters. The van der Waals surface area contributed by atoms with Gasteiger partial charge in [0.1, 0.15) is 11.1 Å². The Kier molecular flexibility index (Phi) is 5.96. The minimum absolute atomic E-state index is 0.0997. The van der Waals surface area contributed by atoms with Crippen LogP contribution in [0.2, 0.25) is 0 Å². The Morgan fingerprint density at radius 1 is 1.53 bits per heavy atom. The van der Waals surface area contributed by atoms with Crippen molar-refractivity contribution in [2.75, 3.05) is 32.0 Å². The van der Waals surface area contributed by atoms with Gasteiger partial charge in [0, 0.05) is 4.88 Å². The molecule has 0 aliphatic rings. The highest BCUT2D eigenvalue weighted by Crippen LogP contribution is 2.31. The van der Waals surface area contributed by atoms with Crippen LogP contribution >= 0.6 is 11.3 Å². The first kappa shape index (κ1) is 15.6. The summed E-state index contributed by atoms with van der Waals surface area (Å²) in [6, 6.07) is 2.14. The van der Waals surface area contributed by atoms with Crippen LogP contribution in [0, 0.1) is 25.2 Å². The number of hydrogen-bond acceptors (Lipinski definition) is 5. The monoisotopic (exact) mass is 280 g/mol. The maximum absolute atomic E-state index is 11.9. The summed E-state index contributed by atoms with van der Waals surface area (Å²) >= 11 is 1.45. The molecule has 0 atom stereocenters. The minimum atomic E-state index is -0.0997. The largest absolute Gasteiger partial charge is 0.330 e. The molecule has 1 amide bonds. The van der Waals surface area contributed by atoms with Crippen LogP contribution in [0.15, 0.2) is 0 Å². The highest BCUT2D eigenvalue weighted by molar-refractivity contribution is 7.16. The third-order valence-electron chi connectivity index (χ3n) is 2.91. The molecule has 1 aromatic heterocycles. The van der Waals surface area contributed by atoms with Crippen LogP contribution in [0.3, 0.4) is 0 Å². The molecule has 6 heteroatoms. The Labute approximate surface area is 118 Å². The second kappa shape index (κ2) is 7.24. The van der Waals surface area contributed by atoms with Gasteiger partial charge in [-0.2, -0.15) is 5.26 Å². The Morgan fingerprint density at radius 2 is 2.21 bits per heavy atom. The average Bonchev–Trinajstić information content (AvgIpc) is 2.61. The standard InChI is InChI=1S/C13H20N4OS/c1-9-10(2)19-13(11(9)7-15)16-12(18)8-17(3)6-4-5-14/h4-6,8,14H2,1-3H3,(H,16,18). The van der Waals surface area contributed by atoms with Crippen molar-refractivity contribution in [3.05, 3.63) is 16.0 Å². The fourth-order valence-electron chi connectivity index (χ4n) is 1.70. The molecule has 0 saturated carbocycles. The number of rotatable bonds is 6. The highest BCUT2D eigenvalue weighted by atomic mass is 32.1. The lowest BCUT2D eigenvalue weighted by Crippen LogP contribution is -2.31. The molecule has 1 heterocycles. The smallest absolute Gasteiger partial charge is 0.239 e. The number of nitrogens with two attached hydrogens (primary N) is 1. The Hall–Kier alpha value is -1.42. The molecule has 1 aromatic rings. The van der Waals surface area contributed by atoms with Gasteiger partial charge in [-0.15, -0.1) is 11.3 Å². The van der Waals surface area contributed by atoms with Crippen LogP contribution in [0.5, 0.6) is 0 Å². The summed E-state index contributed by atoms with van der Waals surface area (Å²) in [5, 5.41) is 12.6. The molecule has 5 nitrogen and oxygen atoms in total. The SMILES string of the molecule is Cc1sc(NC(=O)CN(C)CCCN)c(C#N)c1C. The average molecular weight is 280 g/mol. The topological polar surface area (TPSA) is 82.2 Å². The third kappa shape index (κ3) is 4.31. The van der Waals surface area contributed by atoms with E-state index >= 15 is 0 Å².